The maximum absolute atomic E-state index is 4.28. The van der Waals surface area contributed by atoms with E-state index in [0.717, 1.165) is 6.42 Å². The van der Waals surface area contributed by atoms with Gasteiger partial charge in [0.1, 0.15) is 0 Å². The minimum Gasteiger partial charge on any atom is -0.334 e. The normalized spacial score (nSPS) is 12.3. The summed E-state index contributed by atoms with van der Waals surface area (Å²) in [7, 11) is 0. The van der Waals surface area contributed by atoms with Crippen molar-refractivity contribution in [1.82, 2.24) is 9.55 Å². The van der Waals surface area contributed by atoms with E-state index in [1.54, 1.807) is 0 Å². The molecule has 0 aliphatic carbocycles. The van der Waals surface area contributed by atoms with Gasteiger partial charge in [0.15, 0.2) is 0 Å². The second-order valence-electron chi connectivity index (χ2n) is 9.43. The largest absolute Gasteiger partial charge is 0.334 e. The summed E-state index contributed by atoms with van der Waals surface area (Å²) in [5.74, 6) is 0. The highest BCUT2D eigenvalue weighted by Gasteiger charge is 2.10. The molecule has 0 radical (unpaired) electrons. The van der Waals surface area contributed by atoms with E-state index in [-0.39, 0.29) is 0 Å². The number of unbranched alkanes of at least 4 members (excludes halogenated alkanes) is 14. The van der Waals surface area contributed by atoms with Gasteiger partial charge in [-0.3, -0.25) is 0 Å². The lowest BCUT2D eigenvalue weighted by Crippen LogP contribution is -2.08. The van der Waals surface area contributed by atoms with Gasteiger partial charge in [-0.05, 0) is 24.8 Å². The maximum atomic E-state index is 4.28. The van der Waals surface area contributed by atoms with Crippen LogP contribution in [0.25, 0.3) is 0 Å². The highest BCUT2D eigenvalue weighted by Crippen LogP contribution is 2.22. The van der Waals surface area contributed by atoms with Crippen LogP contribution in [0, 0.1) is 0 Å². The third kappa shape index (κ3) is 12.8. The van der Waals surface area contributed by atoms with Crippen LogP contribution in [0.5, 0.6) is 0 Å². The number of hydrogen-bond donors (Lipinski definition) is 0. The molecule has 31 heavy (non-hydrogen) atoms. The van der Waals surface area contributed by atoms with Gasteiger partial charge in [0.25, 0.3) is 0 Å². The van der Waals surface area contributed by atoms with E-state index in [2.05, 4.69) is 53.0 Å². The summed E-state index contributed by atoms with van der Waals surface area (Å²) in [5.41, 5.74) is 1.45. The molecule has 0 bridgehead atoms. The zero-order valence-electron chi connectivity index (χ0n) is 20.3. The first kappa shape index (κ1) is 25.7. The zero-order valence-corrected chi connectivity index (χ0v) is 20.3. The molecule has 1 aromatic carbocycles. The molecule has 0 saturated carbocycles. The SMILES string of the molecule is CCCCCCCCCCCCCCCCCC(CCc1ccccc1)n1ccnc1. The highest BCUT2D eigenvalue weighted by molar-refractivity contribution is 5.14. The Balaban J connectivity index is 1.45. The van der Waals surface area contributed by atoms with Crippen LogP contribution >= 0.6 is 0 Å². The van der Waals surface area contributed by atoms with E-state index in [9.17, 15) is 0 Å². The number of nitrogens with zero attached hydrogens (tertiary/aromatic N) is 2. The Hall–Kier alpha value is -1.57. The first-order valence-corrected chi connectivity index (χ1v) is 13.4. The van der Waals surface area contributed by atoms with Gasteiger partial charge in [0.2, 0.25) is 0 Å². The molecule has 2 nitrogen and oxygen atoms in total. The van der Waals surface area contributed by atoms with Crippen molar-refractivity contribution in [2.24, 2.45) is 0 Å². The van der Waals surface area contributed by atoms with Crippen molar-refractivity contribution in [3.63, 3.8) is 0 Å². The zero-order chi connectivity index (χ0) is 21.8. The van der Waals surface area contributed by atoms with Gasteiger partial charge in [0.05, 0.1) is 6.33 Å². The van der Waals surface area contributed by atoms with Crippen molar-refractivity contribution in [2.45, 2.75) is 129 Å². The van der Waals surface area contributed by atoms with Gasteiger partial charge in [-0.15, -0.1) is 0 Å². The minimum atomic E-state index is 0.588. The molecule has 1 aromatic heterocycles. The molecule has 1 heterocycles. The Kier molecular flexibility index (Phi) is 15.0. The average molecular weight is 425 g/mol. The Labute approximate surface area is 192 Å². The summed E-state index contributed by atoms with van der Waals surface area (Å²) in [6.45, 7) is 2.30. The number of aromatic nitrogens is 2. The van der Waals surface area contributed by atoms with Crippen LogP contribution in [0.2, 0.25) is 0 Å². The highest BCUT2D eigenvalue weighted by atomic mass is 15.0. The van der Waals surface area contributed by atoms with E-state index in [1.165, 1.54) is 115 Å². The van der Waals surface area contributed by atoms with E-state index in [1.807, 2.05) is 12.5 Å². The molecule has 2 heteroatoms. The van der Waals surface area contributed by atoms with E-state index < -0.39 is 0 Å². The number of hydrogen-bond acceptors (Lipinski definition) is 1. The molecule has 0 aliphatic heterocycles. The Morgan fingerprint density at radius 2 is 1.23 bits per heavy atom. The fourth-order valence-electron chi connectivity index (χ4n) is 4.66. The van der Waals surface area contributed by atoms with Crippen LogP contribution in [0.4, 0.5) is 0 Å². The standard InChI is InChI=1S/C29H48N2/c1-2-3-4-5-6-7-8-9-10-11-12-13-14-15-19-22-29(31-26-25-30-27-31)24-23-28-20-17-16-18-21-28/h16-18,20-21,25-27,29H,2-15,19,22-24H2,1H3. The van der Waals surface area contributed by atoms with Gasteiger partial charge >= 0.3 is 0 Å². The molecule has 0 spiro atoms. The summed E-state index contributed by atoms with van der Waals surface area (Å²) in [5, 5.41) is 0. The second kappa shape index (κ2) is 18.0. The van der Waals surface area contributed by atoms with Crippen LogP contribution < -0.4 is 0 Å². The smallest absolute Gasteiger partial charge is 0.0948 e. The average Bonchev–Trinajstić information content (AvgIpc) is 3.34. The van der Waals surface area contributed by atoms with E-state index in [0.29, 0.717) is 6.04 Å². The molecule has 1 atom stereocenters. The monoisotopic (exact) mass is 424 g/mol. The Morgan fingerprint density at radius 3 is 1.74 bits per heavy atom. The fourth-order valence-corrected chi connectivity index (χ4v) is 4.66. The summed E-state index contributed by atoms with van der Waals surface area (Å²) >= 11 is 0. The van der Waals surface area contributed by atoms with Crippen molar-refractivity contribution in [1.29, 1.82) is 0 Å². The van der Waals surface area contributed by atoms with E-state index >= 15 is 0 Å². The van der Waals surface area contributed by atoms with Crippen molar-refractivity contribution < 1.29 is 0 Å². The first-order chi connectivity index (χ1) is 15.4. The molecule has 0 fully saturated rings. The maximum Gasteiger partial charge on any atom is 0.0948 e. The van der Waals surface area contributed by atoms with E-state index in [4.69, 9.17) is 0 Å². The second-order valence-corrected chi connectivity index (χ2v) is 9.43. The molecule has 0 amide bonds. The molecular formula is C29H48N2. The summed E-state index contributed by atoms with van der Waals surface area (Å²) < 4.78 is 2.33. The lowest BCUT2D eigenvalue weighted by Gasteiger charge is -2.18. The van der Waals surface area contributed by atoms with Crippen molar-refractivity contribution >= 4 is 0 Å². The predicted octanol–water partition coefficient (Wildman–Crippen LogP) is 9.32. The van der Waals surface area contributed by atoms with Crippen molar-refractivity contribution in [3.8, 4) is 0 Å². The van der Waals surface area contributed by atoms with Crippen LogP contribution in [-0.2, 0) is 6.42 Å². The number of imidazole rings is 1. The van der Waals surface area contributed by atoms with Gasteiger partial charge < -0.3 is 4.57 Å². The van der Waals surface area contributed by atoms with Gasteiger partial charge in [-0.1, -0.05) is 134 Å². The van der Waals surface area contributed by atoms with Crippen LogP contribution in [-0.4, -0.2) is 9.55 Å². The lowest BCUT2D eigenvalue weighted by molar-refractivity contribution is 0.411. The molecule has 0 aliphatic rings. The van der Waals surface area contributed by atoms with Crippen LogP contribution in [0.15, 0.2) is 49.1 Å². The quantitative estimate of drug-likeness (QED) is 0.194. The molecule has 1 unspecified atom stereocenters. The number of rotatable bonds is 20. The number of aryl methyl sites for hydroxylation is 1. The summed E-state index contributed by atoms with van der Waals surface area (Å²) in [4.78, 5) is 4.28. The minimum absolute atomic E-state index is 0.588. The third-order valence-corrected chi connectivity index (χ3v) is 6.70. The molecule has 2 rings (SSSR count). The van der Waals surface area contributed by atoms with Crippen LogP contribution in [0.1, 0.15) is 128 Å². The topological polar surface area (TPSA) is 17.8 Å². The summed E-state index contributed by atoms with van der Waals surface area (Å²) in [6.07, 6.45) is 31.2. The van der Waals surface area contributed by atoms with Gasteiger partial charge in [-0.25, -0.2) is 4.98 Å². The van der Waals surface area contributed by atoms with Crippen molar-refractivity contribution in [3.05, 3.63) is 54.6 Å². The van der Waals surface area contributed by atoms with Crippen molar-refractivity contribution in [2.75, 3.05) is 0 Å². The third-order valence-electron chi connectivity index (χ3n) is 6.70. The predicted molar refractivity (Wildman–Crippen MR) is 136 cm³/mol. The Morgan fingerprint density at radius 1 is 0.677 bits per heavy atom. The lowest BCUT2D eigenvalue weighted by atomic mass is 9.99. The van der Waals surface area contributed by atoms with Gasteiger partial charge in [0, 0.05) is 18.4 Å². The number of benzene rings is 1. The molecule has 0 N–H and O–H groups in total. The molecule has 2 aromatic rings. The molecule has 0 saturated heterocycles. The summed E-state index contributed by atoms with van der Waals surface area (Å²) in [6, 6.07) is 11.5. The Bertz CT molecular complexity index is 605. The van der Waals surface area contributed by atoms with Crippen LogP contribution in [0.3, 0.4) is 0 Å². The molecule has 174 valence electrons. The fraction of sp³-hybridized carbons (Fsp3) is 0.690. The molecular weight excluding hydrogens is 376 g/mol. The van der Waals surface area contributed by atoms with Gasteiger partial charge in [-0.2, -0.15) is 0 Å². The first-order valence-electron chi connectivity index (χ1n) is 13.4.